The fraction of sp³-hybridized carbons (Fsp3) is 0.429. The highest BCUT2D eigenvalue weighted by Gasteiger charge is 2.16. The first-order chi connectivity index (χ1) is 12.7. The summed E-state index contributed by atoms with van der Waals surface area (Å²) >= 11 is 0. The molecule has 0 radical (unpaired) electrons. The highest BCUT2D eigenvalue weighted by Crippen LogP contribution is 2.08. The lowest BCUT2D eigenvalue weighted by molar-refractivity contribution is 0.0946. The number of carbonyl (C=O) groups is 1. The zero-order valence-corrected chi connectivity index (χ0v) is 15.5. The van der Waals surface area contributed by atoms with E-state index in [0.717, 1.165) is 51.4 Å². The van der Waals surface area contributed by atoms with Gasteiger partial charge in [0, 0.05) is 51.2 Å². The van der Waals surface area contributed by atoms with E-state index in [-0.39, 0.29) is 5.91 Å². The lowest BCUT2D eigenvalue weighted by Crippen LogP contribution is -2.46. The summed E-state index contributed by atoms with van der Waals surface area (Å²) in [6.07, 6.45) is 2.61. The summed E-state index contributed by atoms with van der Waals surface area (Å²) < 4.78 is 0. The van der Waals surface area contributed by atoms with Crippen LogP contribution < -0.4 is 5.32 Å². The van der Waals surface area contributed by atoms with Crippen LogP contribution in [0.25, 0.3) is 0 Å². The number of hydrogen-bond acceptors (Lipinski definition) is 4. The second-order valence-electron chi connectivity index (χ2n) is 6.90. The van der Waals surface area contributed by atoms with Crippen molar-refractivity contribution in [3.8, 4) is 0 Å². The number of nitrogens with one attached hydrogen (secondary N) is 1. The van der Waals surface area contributed by atoms with Crippen LogP contribution >= 0.6 is 0 Å². The summed E-state index contributed by atoms with van der Waals surface area (Å²) in [6.45, 7) is 9.11. The van der Waals surface area contributed by atoms with Gasteiger partial charge in [-0.05, 0) is 37.6 Å². The van der Waals surface area contributed by atoms with Crippen molar-refractivity contribution in [2.45, 2.75) is 19.9 Å². The zero-order chi connectivity index (χ0) is 18.2. The van der Waals surface area contributed by atoms with Crippen molar-refractivity contribution < 1.29 is 4.79 Å². The molecule has 1 aliphatic heterocycles. The van der Waals surface area contributed by atoms with Gasteiger partial charge in [-0.25, -0.2) is 0 Å². The first-order valence-electron chi connectivity index (χ1n) is 9.40. The molecule has 5 heteroatoms. The summed E-state index contributed by atoms with van der Waals surface area (Å²) in [6, 6.07) is 14.3. The van der Waals surface area contributed by atoms with E-state index in [1.165, 1.54) is 5.56 Å². The molecule has 1 fully saturated rings. The maximum absolute atomic E-state index is 12.1. The van der Waals surface area contributed by atoms with Gasteiger partial charge in [0.05, 0.1) is 5.56 Å². The Kier molecular flexibility index (Phi) is 6.75. The number of pyridine rings is 1. The molecule has 2 heterocycles. The van der Waals surface area contributed by atoms with Crippen LogP contribution in [-0.2, 0) is 6.54 Å². The third-order valence-corrected chi connectivity index (χ3v) is 4.82. The SMILES string of the molecule is Cc1ccc(C(=O)NCCCN2CCN(Cc3ccccc3)CC2)cn1. The molecule has 1 N–H and O–H groups in total. The molecule has 1 saturated heterocycles. The van der Waals surface area contributed by atoms with E-state index in [4.69, 9.17) is 0 Å². The van der Waals surface area contributed by atoms with Gasteiger partial charge in [0.25, 0.3) is 5.91 Å². The molecule has 0 bridgehead atoms. The van der Waals surface area contributed by atoms with Crippen molar-refractivity contribution in [1.82, 2.24) is 20.1 Å². The topological polar surface area (TPSA) is 48.5 Å². The van der Waals surface area contributed by atoms with Gasteiger partial charge in [0.15, 0.2) is 0 Å². The third-order valence-electron chi connectivity index (χ3n) is 4.82. The molecule has 1 aliphatic rings. The van der Waals surface area contributed by atoms with Gasteiger partial charge in [-0.15, -0.1) is 0 Å². The van der Waals surface area contributed by atoms with E-state index < -0.39 is 0 Å². The van der Waals surface area contributed by atoms with Gasteiger partial charge in [0.2, 0.25) is 0 Å². The Bertz CT molecular complexity index is 679. The standard InChI is InChI=1S/C21H28N4O/c1-18-8-9-20(16-23-18)21(26)22-10-5-11-24-12-14-25(15-13-24)17-19-6-3-2-4-7-19/h2-4,6-9,16H,5,10-15,17H2,1H3,(H,22,26). The molecule has 5 nitrogen and oxygen atoms in total. The largest absolute Gasteiger partial charge is 0.352 e. The number of piperazine rings is 1. The Morgan fingerprint density at radius 2 is 1.77 bits per heavy atom. The Morgan fingerprint density at radius 3 is 2.46 bits per heavy atom. The lowest BCUT2D eigenvalue weighted by Gasteiger charge is -2.34. The molecule has 138 valence electrons. The molecule has 0 spiro atoms. The maximum Gasteiger partial charge on any atom is 0.252 e. The molecule has 1 amide bonds. The predicted molar refractivity (Wildman–Crippen MR) is 104 cm³/mol. The number of aromatic nitrogens is 1. The van der Waals surface area contributed by atoms with Gasteiger partial charge < -0.3 is 10.2 Å². The molecular weight excluding hydrogens is 324 g/mol. The highest BCUT2D eigenvalue weighted by molar-refractivity contribution is 5.93. The molecule has 0 saturated carbocycles. The van der Waals surface area contributed by atoms with Gasteiger partial charge in [-0.1, -0.05) is 30.3 Å². The van der Waals surface area contributed by atoms with E-state index in [9.17, 15) is 4.79 Å². The fourth-order valence-electron chi connectivity index (χ4n) is 3.22. The third kappa shape index (κ3) is 5.64. The quantitative estimate of drug-likeness (QED) is 0.777. The maximum atomic E-state index is 12.1. The van der Waals surface area contributed by atoms with Crippen molar-refractivity contribution in [2.24, 2.45) is 0 Å². The van der Waals surface area contributed by atoms with Crippen LogP contribution in [0.15, 0.2) is 48.7 Å². The van der Waals surface area contributed by atoms with Crippen LogP contribution in [-0.4, -0.2) is 60.0 Å². The molecule has 1 aromatic carbocycles. The fourth-order valence-corrected chi connectivity index (χ4v) is 3.22. The van der Waals surface area contributed by atoms with Gasteiger partial charge in [-0.3, -0.25) is 14.7 Å². The van der Waals surface area contributed by atoms with Crippen LogP contribution in [0.5, 0.6) is 0 Å². The van der Waals surface area contributed by atoms with Crippen molar-refractivity contribution >= 4 is 5.91 Å². The first-order valence-corrected chi connectivity index (χ1v) is 9.40. The number of carbonyl (C=O) groups excluding carboxylic acids is 1. The minimum Gasteiger partial charge on any atom is -0.352 e. The molecular formula is C21H28N4O. The summed E-state index contributed by atoms with van der Waals surface area (Å²) in [5, 5.41) is 2.98. The predicted octanol–water partition coefficient (Wildman–Crippen LogP) is 2.33. The second kappa shape index (κ2) is 9.46. The van der Waals surface area contributed by atoms with Crippen LogP contribution in [0.1, 0.15) is 28.0 Å². The van der Waals surface area contributed by atoms with Gasteiger partial charge >= 0.3 is 0 Å². The summed E-state index contributed by atoms with van der Waals surface area (Å²) in [5.41, 5.74) is 2.94. The van der Waals surface area contributed by atoms with E-state index in [1.54, 1.807) is 6.20 Å². The first kappa shape index (κ1) is 18.5. The average molecular weight is 352 g/mol. The monoisotopic (exact) mass is 352 g/mol. The summed E-state index contributed by atoms with van der Waals surface area (Å²) in [4.78, 5) is 21.2. The Hall–Kier alpha value is -2.24. The van der Waals surface area contributed by atoms with Crippen molar-refractivity contribution in [2.75, 3.05) is 39.3 Å². The molecule has 0 unspecified atom stereocenters. The van der Waals surface area contributed by atoms with Crippen molar-refractivity contribution in [1.29, 1.82) is 0 Å². The van der Waals surface area contributed by atoms with E-state index in [2.05, 4.69) is 50.4 Å². The number of hydrogen-bond donors (Lipinski definition) is 1. The minimum atomic E-state index is -0.0369. The Morgan fingerprint density at radius 1 is 1.04 bits per heavy atom. The van der Waals surface area contributed by atoms with Crippen LogP contribution in [0.2, 0.25) is 0 Å². The molecule has 26 heavy (non-hydrogen) atoms. The zero-order valence-electron chi connectivity index (χ0n) is 15.5. The van der Waals surface area contributed by atoms with E-state index >= 15 is 0 Å². The van der Waals surface area contributed by atoms with Crippen LogP contribution in [0.4, 0.5) is 0 Å². The van der Waals surface area contributed by atoms with Crippen LogP contribution in [0.3, 0.4) is 0 Å². The smallest absolute Gasteiger partial charge is 0.252 e. The van der Waals surface area contributed by atoms with Crippen molar-refractivity contribution in [3.05, 3.63) is 65.5 Å². The van der Waals surface area contributed by atoms with E-state index in [0.29, 0.717) is 12.1 Å². The molecule has 1 aromatic heterocycles. The van der Waals surface area contributed by atoms with Gasteiger partial charge in [0.1, 0.15) is 0 Å². The number of nitrogens with zero attached hydrogens (tertiary/aromatic N) is 3. The minimum absolute atomic E-state index is 0.0369. The van der Waals surface area contributed by atoms with Gasteiger partial charge in [-0.2, -0.15) is 0 Å². The van der Waals surface area contributed by atoms with Crippen LogP contribution in [0, 0.1) is 6.92 Å². The molecule has 0 aliphatic carbocycles. The molecule has 3 rings (SSSR count). The number of aryl methyl sites for hydroxylation is 1. The lowest BCUT2D eigenvalue weighted by atomic mass is 10.2. The number of benzene rings is 1. The second-order valence-corrected chi connectivity index (χ2v) is 6.90. The Balaban J connectivity index is 1.30. The Labute approximate surface area is 156 Å². The normalized spacial score (nSPS) is 15.7. The highest BCUT2D eigenvalue weighted by atomic mass is 16.1. The number of amides is 1. The van der Waals surface area contributed by atoms with E-state index in [1.807, 2.05) is 19.1 Å². The summed E-state index contributed by atoms with van der Waals surface area (Å²) in [7, 11) is 0. The average Bonchev–Trinajstić information content (AvgIpc) is 2.68. The number of rotatable bonds is 7. The molecule has 0 atom stereocenters. The van der Waals surface area contributed by atoms with Crippen molar-refractivity contribution in [3.63, 3.8) is 0 Å². The molecule has 2 aromatic rings. The summed E-state index contributed by atoms with van der Waals surface area (Å²) in [5.74, 6) is -0.0369.